The Kier molecular flexibility index (Phi) is 5.76. The Hall–Kier alpha value is -3.50. The predicted octanol–water partition coefficient (Wildman–Crippen LogP) is 0.488. The molecule has 1 aromatic rings. The van der Waals surface area contributed by atoms with Crippen LogP contribution < -0.4 is 11.1 Å². The normalized spacial score (nSPS) is 16.7. The molecule has 3 N–H and O–H groups in total. The molecule has 2 aliphatic rings. The number of urea groups is 1. The first-order valence-electron chi connectivity index (χ1n) is 9.26. The van der Waals surface area contributed by atoms with Gasteiger partial charge in [-0.3, -0.25) is 29.4 Å². The molecule has 1 aromatic carbocycles. The molecular weight excluding hydrogens is 382 g/mol. The third-order valence-electron chi connectivity index (χ3n) is 5.18. The fraction of sp³-hybridized carbons (Fsp3) is 0.444. The number of nitrogens with zero attached hydrogens (tertiary/aromatic N) is 3. The fourth-order valence-electron chi connectivity index (χ4n) is 3.51. The summed E-state index contributed by atoms with van der Waals surface area (Å²) in [6.07, 6.45) is 1.41. The van der Waals surface area contributed by atoms with Gasteiger partial charge in [-0.05, 0) is 25.3 Å². The van der Waals surface area contributed by atoms with Gasteiger partial charge in [0.05, 0.1) is 16.1 Å². The van der Waals surface area contributed by atoms with Crippen LogP contribution in [0.4, 0.5) is 10.5 Å². The number of piperidine rings is 1. The molecule has 1 fully saturated rings. The van der Waals surface area contributed by atoms with E-state index in [2.05, 4.69) is 5.32 Å². The first-order valence-corrected chi connectivity index (χ1v) is 9.26. The molecule has 11 nitrogen and oxygen atoms in total. The summed E-state index contributed by atoms with van der Waals surface area (Å²) in [4.78, 5) is 60.9. The molecule has 3 rings (SSSR count). The van der Waals surface area contributed by atoms with E-state index >= 15 is 0 Å². The van der Waals surface area contributed by atoms with Crippen molar-refractivity contribution in [3.63, 3.8) is 0 Å². The Balaban J connectivity index is 1.47. The molecule has 0 unspecified atom stereocenters. The quantitative estimate of drug-likeness (QED) is 0.305. The second-order valence-electron chi connectivity index (χ2n) is 7.00. The minimum Gasteiger partial charge on any atom is -0.369 e. The van der Waals surface area contributed by atoms with E-state index in [1.807, 2.05) is 0 Å². The zero-order valence-corrected chi connectivity index (χ0v) is 15.6. The zero-order valence-electron chi connectivity index (χ0n) is 15.6. The van der Waals surface area contributed by atoms with Crippen LogP contribution in [-0.2, 0) is 4.79 Å². The van der Waals surface area contributed by atoms with E-state index in [9.17, 15) is 29.3 Å². The summed E-state index contributed by atoms with van der Waals surface area (Å²) in [5, 5.41) is 13.6. The number of hydrogen-bond acceptors (Lipinski definition) is 6. The molecule has 154 valence electrons. The van der Waals surface area contributed by atoms with Crippen molar-refractivity contribution < 1.29 is 24.1 Å². The molecule has 5 amide bonds. The lowest BCUT2D eigenvalue weighted by molar-refractivity contribution is -0.384. The summed E-state index contributed by atoms with van der Waals surface area (Å²) in [6.45, 7) is 1.22. The van der Waals surface area contributed by atoms with Gasteiger partial charge in [-0.25, -0.2) is 4.79 Å². The van der Waals surface area contributed by atoms with Gasteiger partial charge in [-0.2, -0.15) is 0 Å². The van der Waals surface area contributed by atoms with Crippen LogP contribution in [0, 0.1) is 16.0 Å². The number of imide groups is 1. The molecular formula is C18H21N5O6. The van der Waals surface area contributed by atoms with Gasteiger partial charge in [-0.15, -0.1) is 0 Å². The van der Waals surface area contributed by atoms with Crippen molar-refractivity contribution in [3.05, 3.63) is 39.4 Å². The maximum absolute atomic E-state index is 12.4. The first-order chi connectivity index (χ1) is 13.8. The van der Waals surface area contributed by atoms with Gasteiger partial charge in [0.25, 0.3) is 17.5 Å². The second-order valence-corrected chi connectivity index (χ2v) is 7.00. The molecule has 0 aromatic heterocycles. The Morgan fingerprint density at radius 1 is 1.17 bits per heavy atom. The maximum Gasteiger partial charge on any atom is 0.317 e. The van der Waals surface area contributed by atoms with Crippen molar-refractivity contribution in [3.8, 4) is 0 Å². The van der Waals surface area contributed by atoms with Crippen molar-refractivity contribution in [1.29, 1.82) is 0 Å². The number of hydrogen-bond donors (Lipinski definition) is 2. The molecule has 0 bridgehead atoms. The number of carbonyl (C=O) groups excluding carboxylic acids is 4. The number of nitrogens with two attached hydrogens (primary N) is 1. The summed E-state index contributed by atoms with van der Waals surface area (Å²) >= 11 is 0. The molecule has 1 saturated heterocycles. The average Bonchev–Trinajstić information content (AvgIpc) is 2.95. The van der Waals surface area contributed by atoms with Gasteiger partial charge in [-0.1, -0.05) is 0 Å². The highest BCUT2D eigenvalue weighted by Gasteiger charge is 2.36. The Morgan fingerprint density at radius 2 is 1.83 bits per heavy atom. The molecule has 2 aliphatic heterocycles. The highest BCUT2D eigenvalue weighted by Crippen LogP contribution is 2.26. The third kappa shape index (κ3) is 4.18. The number of carbonyl (C=O) groups is 4. The molecule has 29 heavy (non-hydrogen) atoms. The predicted molar refractivity (Wildman–Crippen MR) is 100.0 cm³/mol. The molecule has 0 aliphatic carbocycles. The van der Waals surface area contributed by atoms with Crippen molar-refractivity contribution in [1.82, 2.24) is 15.1 Å². The van der Waals surface area contributed by atoms with Crippen molar-refractivity contribution >= 4 is 29.4 Å². The zero-order chi connectivity index (χ0) is 21.1. The van der Waals surface area contributed by atoms with Gasteiger partial charge in [0.15, 0.2) is 0 Å². The van der Waals surface area contributed by atoms with Gasteiger partial charge in [0.2, 0.25) is 5.91 Å². The van der Waals surface area contributed by atoms with E-state index in [4.69, 9.17) is 5.73 Å². The summed E-state index contributed by atoms with van der Waals surface area (Å²) in [7, 11) is 0. The number of non-ortho nitro benzene ring substituents is 1. The number of nitrogens with one attached hydrogen (secondary N) is 1. The van der Waals surface area contributed by atoms with Gasteiger partial charge in [0.1, 0.15) is 0 Å². The van der Waals surface area contributed by atoms with E-state index in [1.165, 1.54) is 12.1 Å². The van der Waals surface area contributed by atoms with Gasteiger partial charge >= 0.3 is 6.03 Å². The number of rotatable bonds is 6. The fourth-order valence-corrected chi connectivity index (χ4v) is 3.51. The number of nitro groups is 1. The average molecular weight is 403 g/mol. The van der Waals surface area contributed by atoms with E-state index in [-0.39, 0.29) is 47.8 Å². The van der Waals surface area contributed by atoms with Crippen LogP contribution in [0.2, 0.25) is 0 Å². The number of primary amides is 1. The lowest BCUT2D eigenvalue weighted by Gasteiger charge is -2.30. The maximum atomic E-state index is 12.4. The molecule has 2 heterocycles. The molecule has 11 heteroatoms. The summed E-state index contributed by atoms with van der Waals surface area (Å²) in [5.74, 6) is -1.63. The standard InChI is InChI=1S/C18H21N5O6/c19-15(24)11-4-8-21(9-5-11)18(27)20-6-1-7-22-16(25)13-3-2-12(23(28)29)10-14(13)17(22)26/h2-3,10-11H,1,4-9H2,(H2,19,24)(H,20,27). The van der Waals surface area contributed by atoms with E-state index < -0.39 is 16.7 Å². The summed E-state index contributed by atoms with van der Waals surface area (Å²) in [5.41, 5.74) is 5.18. The van der Waals surface area contributed by atoms with E-state index in [0.29, 0.717) is 32.4 Å². The van der Waals surface area contributed by atoms with Crippen LogP contribution in [-0.4, -0.2) is 64.7 Å². The summed E-state index contributed by atoms with van der Waals surface area (Å²) < 4.78 is 0. The Bertz CT molecular complexity index is 877. The van der Waals surface area contributed by atoms with Crippen LogP contribution in [0.15, 0.2) is 18.2 Å². The third-order valence-corrected chi connectivity index (χ3v) is 5.18. The number of likely N-dealkylation sites (tertiary alicyclic amines) is 1. The van der Waals surface area contributed by atoms with Crippen LogP contribution in [0.5, 0.6) is 0 Å². The van der Waals surface area contributed by atoms with Crippen molar-refractivity contribution in [2.45, 2.75) is 19.3 Å². The van der Waals surface area contributed by atoms with Crippen molar-refractivity contribution in [2.24, 2.45) is 11.7 Å². The van der Waals surface area contributed by atoms with Gasteiger partial charge in [0, 0.05) is 44.2 Å². The van der Waals surface area contributed by atoms with Crippen LogP contribution in [0.1, 0.15) is 40.0 Å². The van der Waals surface area contributed by atoms with Crippen molar-refractivity contribution in [2.75, 3.05) is 26.2 Å². The highest BCUT2D eigenvalue weighted by molar-refractivity contribution is 6.21. The first kappa shape index (κ1) is 20.2. The minimum atomic E-state index is -0.623. The highest BCUT2D eigenvalue weighted by atomic mass is 16.6. The monoisotopic (exact) mass is 403 g/mol. The molecule has 0 spiro atoms. The van der Waals surface area contributed by atoms with Crippen LogP contribution in [0.3, 0.4) is 0 Å². The molecule has 0 saturated carbocycles. The summed E-state index contributed by atoms with van der Waals surface area (Å²) in [6, 6.07) is 3.30. The molecule has 0 radical (unpaired) electrons. The SMILES string of the molecule is NC(=O)C1CCN(C(=O)NCCCN2C(=O)c3ccc([N+](=O)[O-])cc3C2=O)CC1. The lowest BCUT2D eigenvalue weighted by atomic mass is 9.96. The lowest BCUT2D eigenvalue weighted by Crippen LogP contribution is -2.46. The number of benzene rings is 1. The number of amides is 5. The van der Waals surface area contributed by atoms with Gasteiger partial charge < -0.3 is 16.0 Å². The topological polar surface area (TPSA) is 156 Å². The Morgan fingerprint density at radius 3 is 2.45 bits per heavy atom. The van der Waals surface area contributed by atoms with Crippen LogP contribution in [0.25, 0.3) is 0 Å². The minimum absolute atomic E-state index is 0.0190. The van der Waals surface area contributed by atoms with E-state index in [0.717, 1.165) is 11.0 Å². The van der Waals surface area contributed by atoms with Crippen LogP contribution >= 0.6 is 0 Å². The number of fused-ring (bicyclic) bond motifs is 1. The second kappa shape index (κ2) is 8.25. The molecule has 0 atom stereocenters. The number of nitro benzene ring substituents is 1. The smallest absolute Gasteiger partial charge is 0.317 e. The largest absolute Gasteiger partial charge is 0.369 e. The van der Waals surface area contributed by atoms with E-state index in [1.54, 1.807) is 4.90 Å². The Labute approximate surface area is 166 Å².